The van der Waals surface area contributed by atoms with Crippen molar-refractivity contribution in [1.82, 2.24) is 0 Å². The molecule has 0 saturated heterocycles. The maximum atomic E-state index is 2.48. The Kier molecular flexibility index (Phi) is 2.80. The van der Waals surface area contributed by atoms with E-state index in [1.165, 1.54) is 50.5 Å². The lowest BCUT2D eigenvalue weighted by atomic mass is 9.68. The summed E-state index contributed by atoms with van der Waals surface area (Å²) in [5.41, 5.74) is 3.77. The lowest BCUT2D eigenvalue weighted by molar-refractivity contribution is 0.259. The van der Waals surface area contributed by atoms with E-state index in [0.29, 0.717) is 5.41 Å². The van der Waals surface area contributed by atoms with Crippen LogP contribution in [0.2, 0.25) is 0 Å². The average Bonchev–Trinajstić information content (AvgIpc) is 2.19. The summed E-state index contributed by atoms with van der Waals surface area (Å²) < 4.78 is 0. The Labute approximate surface area is 88.1 Å². The maximum absolute atomic E-state index is 2.48. The minimum atomic E-state index is 0.549. The lowest BCUT2D eigenvalue weighted by Crippen LogP contribution is -2.23. The summed E-state index contributed by atoms with van der Waals surface area (Å²) in [7, 11) is 0. The first-order valence-electron chi connectivity index (χ1n) is 6.08. The van der Waals surface area contributed by atoms with Crippen LogP contribution < -0.4 is 0 Å². The number of allylic oxidation sites excluding steroid dienone is 4. The van der Waals surface area contributed by atoms with Crippen LogP contribution in [-0.2, 0) is 0 Å². The minimum absolute atomic E-state index is 0.549. The van der Waals surface area contributed by atoms with Crippen molar-refractivity contribution in [2.24, 2.45) is 5.41 Å². The average molecular weight is 190 g/mol. The van der Waals surface area contributed by atoms with Gasteiger partial charge < -0.3 is 0 Å². The van der Waals surface area contributed by atoms with Crippen molar-refractivity contribution >= 4 is 0 Å². The molecule has 1 saturated carbocycles. The highest BCUT2D eigenvalue weighted by Gasteiger charge is 2.30. The molecule has 2 rings (SSSR count). The maximum Gasteiger partial charge on any atom is -0.0113 e. The zero-order valence-electron chi connectivity index (χ0n) is 9.60. The van der Waals surface area contributed by atoms with Gasteiger partial charge in [-0.05, 0) is 38.0 Å². The Morgan fingerprint density at radius 1 is 1.14 bits per heavy atom. The Bertz CT molecular complexity index is 262. The van der Waals surface area contributed by atoms with Gasteiger partial charge in [-0.2, -0.15) is 0 Å². The molecule has 0 atom stereocenters. The molecule has 0 heteroatoms. The van der Waals surface area contributed by atoms with Crippen LogP contribution in [0.1, 0.15) is 58.8 Å². The summed E-state index contributed by atoms with van der Waals surface area (Å²) in [5, 5.41) is 0. The van der Waals surface area contributed by atoms with E-state index in [2.05, 4.69) is 26.0 Å². The van der Waals surface area contributed by atoms with Gasteiger partial charge in [0.25, 0.3) is 0 Å². The molecule has 2 aliphatic rings. The molecule has 0 spiro atoms. The topological polar surface area (TPSA) is 0 Å². The summed E-state index contributed by atoms with van der Waals surface area (Å²) in [6, 6.07) is 0. The van der Waals surface area contributed by atoms with Crippen molar-refractivity contribution in [3.8, 4) is 0 Å². The largest absolute Gasteiger partial charge is 0.0813 e. The molecule has 78 valence electrons. The molecule has 0 N–H and O–H groups in total. The number of hydrogen-bond donors (Lipinski definition) is 0. The molecule has 0 unspecified atom stereocenters. The van der Waals surface area contributed by atoms with Gasteiger partial charge in [0.1, 0.15) is 0 Å². The molecule has 14 heavy (non-hydrogen) atoms. The van der Waals surface area contributed by atoms with Gasteiger partial charge in [0.05, 0.1) is 0 Å². The van der Waals surface area contributed by atoms with Gasteiger partial charge in [-0.3, -0.25) is 0 Å². The lowest BCUT2D eigenvalue weighted by Gasteiger charge is -2.37. The normalized spacial score (nSPS) is 26.7. The second-order valence-electron chi connectivity index (χ2n) is 5.28. The fraction of sp³-hybridized carbons (Fsp3) is 0.714. The van der Waals surface area contributed by atoms with Crippen molar-refractivity contribution in [3.05, 3.63) is 23.3 Å². The van der Waals surface area contributed by atoms with Gasteiger partial charge in [0.2, 0.25) is 0 Å². The fourth-order valence-electron chi connectivity index (χ4n) is 2.99. The molecule has 0 bridgehead atoms. The van der Waals surface area contributed by atoms with Crippen molar-refractivity contribution in [3.63, 3.8) is 0 Å². The van der Waals surface area contributed by atoms with Crippen LogP contribution in [0.15, 0.2) is 23.3 Å². The monoisotopic (exact) mass is 190 g/mol. The highest BCUT2D eigenvalue weighted by atomic mass is 14.4. The van der Waals surface area contributed by atoms with Crippen LogP contribution in [0.4, 0.5) is 0 Å². The Morgan fingerprint density at radius 2 is 1.86 bits per heavy atom. The molecule has 0 amide bonds. The molecular formula is C14H22. The van der Waals surface area contributed by atoms with E-state index in [-0.39, 0.29) is 0 Å². The predicted molar refractivity (Wildman–Crippen MR) is 62.3 cm³/mol. The molecule has 0 radical (unpaired) electrons. The first-order chi connectivity index (χ1) is 6.71. The van der Waals surface area contributed by atoms with Crippen molar-refractivity contribution in [2.75, 3.05) is 0 Å². The second kappa shape index (κ2) is 3.92. The molecule has 2 aliphatic carbocycles. The van der Waals surface area contributed by atoms with Gasteiger partial charge in [0.15, 0.2) is 0 Å². The summed E-state index contributed by atoms with van der Waals surface area (Å²) in [5.74, 6) is 0. The van der Waals surface area contributed by atoms with Gasteiger partial charge in [0, 0.05) is 0 Å². The van der Waals surface area contributed by atoms with E-state index in [1.807, 2.05) is 0 Å². The molecule has 0 aromatic rings. The van der Waals surface area contributed by atoms with E-state index in [1.54, 1.807) is 5.57 Å². The van der Waals surface area contributed by atoms with E-state index < -0.39 is 0 Å². The van der Waals surface area contributed by atoms with Crippen LogP contribution in [0.3, 0.4) is 0 Å². The van der Waals surface area contributed by atoms with Crippen LogP contribution in [0, 0.1) is 5.41 Å². The van der Waals surface area contributed by atoms with Crippen LogP contribution in [0.25, 0.3) is 0 Å². The second-order valence-corrected chi connectivity index (χ2v) is 5.28. The van der Waals surface area contributed by atoms with Gasteiger partial charge in [-0.25, -0.2) is 0 Å². The van der Waals surface area contributed by atoms with Crippen LogP contribution in [-0.4, -0.2) is 0 Å². The first-order valence-corrected chi connectivity index (χ1v) is 6.08. The Balaban J connectivity index is 2.16. The van der Waals surface area contributed by atoms with Crippen molar-refractivity contribution in [1.29, 1.82) is 0 Å². The molecule has 0 aromatic carbocycles. The third-order valence-corrected chi connectivity index (χ3v) is 4.01. The molecule has 0 nitrogen and oxygen atoms in total. The van der Waals surface area contributed by atoms with Gasteiger partial charge >= 0.3 is 0 Å². The molecule has 0 aromatic heterocycles. The first kappa shape index (κ1) is 10.0. The molecule has 1 fully saturated rings. The van der Waals surface area contributed by atoms with E-state index in [9.17, 15) is 0 Å². The standard InChI is InChI=1S/C14H22/c1-12-7-6-8-13(11-12)14(2)9-4-3-5-10-14/h7,11H,3-6,8-10H2,1-2H3. The quantitative estimate of drug-likeness (QED) is 0.566. The minimum Gasteiger partial charge on any atom is -0.0813 e. The summed E-state index contributed by atoms with van der Waals surface area (Å²) in [6.45, 7) is 4.72. The van der Waals surface area contributed by atoms with Crippen molar-refractivity contribution in [2.45, 2.75) is 58.8 Å². The molecule has 0 aliphatic heterocycles. The number of rotatable bonds is 1. The van der Waals surface area contributed by atoms with Crippen molar-refractivity contribution < 1.29 is 0 Å². The fourth-order valence-corrected chi connectivity index (χ4v) is 2.99. The smallest absolute Gasteiger partial charge is 0.0113 e. The zero-order chi connectivity index (χ0) is 10.0. The van der Waals surface area contributed by atoms with E-state index in [4.69, 9.17) is 0 Å². The zero-order valence-corrected chi connectivity index (χ0v) is 9.60. The predicted octanol–water partition coefficient (Wildman–Crippen LogP) is 4.62. The van der Waals surface area contributed by atoms with Gasteiger partial charge in [-0.1, -0.05) is 49.5 Å². The summed E-state index contributed by atoms with van der Waals surface area (Å²) in [6.07, 6.45) is 14.6. The van der Waals surface area contributed by atoms with Crippen LogP contribution in [0.5, 0.6) is 0 Å². The van der Waals surface area contributed by atoms with Gasteiger partial charge in [-0.15, -0.1) is 0 Å². The van der Waals surface area contributed by atoms with E-state index in [0.717, 1.165) is 0 Å². The third kappa shape index (κ3) is 1.94. The van der Waals surface area contributed by atoms with Crippen LogP contribution >= 0.6 is 0 Å². The Morgan fingerprint density at radius 3 is 2.50 bits per heavy atom. The highest BCUT2D eigenvalue weighted by Crippen LogP contribution is 2.45. The van der Waals surface area contributed by atoms with E-state index >= 15 is 0 Å². The highest BCUT2D eigenvalue weighted by molar-refractivity contribution is 5.30. The number of hydrogen-bond acceptors (Lipinski definition) is 0. The Hall–Kier alpha value is -0.520. The SMILES string of the molecule is CC1=CCCC(C2(C)CCCCC2)=C1. The summed E-state index contributed by atoms with van der Waals surface area (Å²) >= 11 is 0. The summed E-state index contributed by atoms with van der Waals surface area (Å²) in [4.78, 5) is 0. The molecule has 0 heterocycles. The molecular weight excluding hydrogens is 168 g/mol. The third-order valence-electron chi connectivity index (χ3n) is 4.01.